The van der Waals surface area contributed by atoms with Crippen molar-refractivity contribution in [3.05, 3.63) is 29.3 Å². The first-order chi connectivity index (χ1) is 13.5. The number of nitrogens with zero attached hydrogens (tertiary/aromatic N) is 4. The number of benzene rings is 1. The number of nitrogens with one attached hydrogen (secondary N) is 2. The number of carbonyl (C=O) groups is 2. The van der Waals surface area contributed by atoms with Crippen LogP contribution in [-0.4, -0.2) is 43.4 Å². The van der Waals surface area contributed by atoms with E-state index in [-0.39, 0.29) is 11.9 Å². The van der Waals surface area contributed by atoms with Crippen LogP contribution in [0, 0.1) is 13.8 Å². The summed E-state index contributed by atoms with van der Waals surface area (Å²) < 4.78 is 1.64. The summed E-state index contributed by atoms with van der Waals surface area (Å²) in [5.74, 6) is -0.366. The fourth-order valence-corrected chi connectivity index (χ4v) is 4.22. The first kappa shape index (κ1) is 20.3. The van der Waals surface area contributed by atoms with Crippen molar-refractivity contribution in [2.75, 3.05) is 0 Å². The van der Waals surface area contributed by atoms with Gasteiger partial charge in [0.1, 0.15) is 0 Å². The molecular weight excluding hydrogens is 376 g/mol. The van der Waals surface area contributed by atoms with Crippen molar-refractivity contribution in [3.63, 3.8) is 0 Å². The summed E-state index contributed by atoms with van der Waals surface area (Å²) in [6.45, 7) is 5.71. The van der Waals surface area contributed by atoms with E-state index in [1.54, 1.807) is 11.6 Å². The molecule has 0 aliphatic heterocycles. The van der Waals surface area contributed by atoms with Crippen LogP contribution in [0.5, 0.6) is 0 Å². The van der Waals surface area contributed by atoms with Gasteiger partial charge in [0.25, 0.3) is 0 Å². The number of hydrogen-bond donors (Lipinski definition) is 2. The minimum absolute atomic E-state index is 0.154. The SMILES string of the molecule is Cc1cccc(C)c1-n1nnnc1S[C@H](C)C(=O)NC(=O)NC1CCCCC1. The number of para-hydroxylation sites is 1. The zero-order valence-electron chi connectivity index (χ0n) is 16.4. The van der Waals surface area contributed by atoms with Gasteiger partial charge in [0, 0.05) is 6.04 Å². The van der Waals surface area contributed by atoms with Crippen LogP contribution in [0.2, 0.25) is 0 Å². The third kappa shape index (κ3) is 4.89. The molecule has 3 amide bonds. The lowest BCUT2D eigenvalue weighted by Gasteiger charge is -2.23. The van der Waals surface area contributed by atoms with E-state index in [9.17, 15) is 9.59 Å². The number of amides is 3. The average Bonchev–Trinajstić information content (AvgIpc) is 3.10. The maximum atomic E-state index is 12.4. The van der Waals surface area contributed by atoms with E-state index in [4.69, 9.17) is 0 Å². The molecule has 0 radical (unpaired) electrons. The van der Waals surface area contributed by atoms with Crippen LogP contribution in [0.15, 0.2) is 23.4 Å². The summed E-state index contributed by atoms with van der Waals surface area (Å²) >= 11 is 1.22. The van der Waals surface area contributed by atoms with Crippen molar-refractivity contribution in [2.24, 2.45) is 0 Å². The Hall–Kier alpha value is -2.42. The van der Waals surface area contributed by atoms with Crippen molar-refractivity contribution in [1.29, 1.82) is 0 Å². The van der Waals surface area contributed by atoms with Gasteiger partial charge in [0.2, 0.25) is 11.1 Å². The summed E-state index contributed by atoms with van der Waals surface area (Å²) in [6, 6.07) is 5.68. The lowest BCUT2D eigenvalue weighted by atomic mass is 9.96. The molecule has 1 atom stereocenters. The first-order valence-corrected chi connectivity index (χ1v) is 10.5. The van der Waals surface area contributed by atoms with Crippen molar-refractivity contribution in [3.8, 4) is 5.69 Å². The summed E-state index contributed by atoms with van der Waals surface area (Å²) in [7, 11) is 0. The summed E-state index contributed by atoms with van der Waals surface area (Å²) in [6.07, 6.45) is 5.38. The largest absolute Gasteiger partial charge is 0.335 e. The van der Waals surface area contributed by atoms with Crippen LogP contribution >= 0.6 is 11.8 Å². The monoisotopic (exact) mass is 402 g/mol. The summed E-state index contributed by atoms with van der Waals surface area (Å²) in [4.78, 5) is 24.5. The van der Waals surface area contributed by atoms with Crippen molar-refractivity contribution < 1.29 is 9.59 Å². The summed E-state index contributed by atoms with van der Waals surface area (Å²) in [5, 5.41) is 17.2. The number of imide groups is 1. The van der Waals surface area contributed by atoms with Crippen LogP contribution < -0.4 is 10.6 Å². The first-order valence-electron chi connectivity index (χ1n) is 9.58. The quantitative estimate of drug-likeness (QED) is 0.746. The predicted molar refractivity (Wildman–Crippen MR) is 107 cm³/mol. The Balaban J connectivity index is 1.62. The van der Waals surface area contributed by atoms with Gasteiger partial charge in [0.05, 0.1) is 10.9 Å². The maximum absolute atomic E-state index is 12.4. The Morgan fingerprint density at radius 3 is 2.54 bits per heavy atom. The molecule has 0 saturated heterocycles. The van der Waals surface area contributed by atoms with E-state index in [1.165, 1.54) is 18.2 Å². The molecule has 8 nitrogen and oxygen atoms in total. The summed E-state index contributed by atoms with van der Waals surface area (Å²) in [5.41, 5.74) is 2.98. The van der Waals surface area contributed by atoms with Crippen molar-refractivity contribution in [1.82, 2.24) is 30.8 Å². The molecule has 1 aliphatic carbocycles. The molecule has 3 rings (SSSR count). The standard InChI is InChI=1S/C19H26N6O2S/c1-12-8-7-9-13(2)16(12)25-19(22-23-24-25)28-14(3)17(26)21-18(27)20-15-10-5-4-6-11-15/h7-9,14-15H,4-6,10-11H2,1-3H3,(H2,20,21,26,27)/t14-/m1/s1. The topological polar surface area (TPSA) is 102 Å². The van der Waals surface area contributed by atoms with Gasteiger partial charge in [-0.15, -0.1) is 5.10 Å². The van der Waals surface area contributed by atoms with E-state index in [2.05, 4.69) is 26.2 Å². The molecule has 0 bridgehead atoms. The fourth-order valence-electron chi connectivity index (χ4n) is 3.43. The Labute approximate surface area is 168 Å². The molecule has 1 aromatic carbocycles. The number of carbonyl (C=O) groups excluding carboxylic acids is 2. The average molecular weight is 403 g/mol. The zero-order chi connectivity index (χ0) is 20.1. The van der Waals surface area contributed by atoms with Crippen LogP contribution in [0.4, 0.5) is 4.79 Å². The number of urea groups is 1. The van der Waals surface area contributed by atoms with Crippen molar-refractivity contribution in [2.45, 2.75) is 69.3 Å². The molecule has 1 heterocycles. The van der Waals surface area contributed by atoms with E-state index < -0.39 is 11.3 Å². The number of aromatic nitrogens is 4. The molecule has 2 N–H and O–H groups in total. The predicted octanol–water partition coefficient (Wildman–Crippen LogP) is 2.92. The van der Waals surface area contributed by atoms with Crippen molar-refractivity contribution >= 4 is 23.7 Å². The van der Waals surface area contributed by atoms with Gasteiger partial charge in [-0.25, -0.2) is 4.79 Å². The van der Waals surface area contributed by atoms with E-state index in [1.807, 2.05) is 32.0 Å². The molecule has 9 heteroatoms. The maximum Gasteiger partial charge on any atom is 0.321 e. The second kappa shape index (κ2) is 9.18. The highest BCUT2D eigenvalue weighted by Crippen LogP contribution is 2.26. The second-order valence-corrected chi connectivity index (χ2v) is 8.48. The highest BCUT2D eigenvalue weighted by atomic mass is 32.2. The number of thioether (sulfide) groups is 1. The highest BCUT2D eigenvalue weighted by molar-refractivity contribution is 8.00. The molecule has 28 heavy (non-hydrogen) atoms. The Morgan fingerprint density at radius 2 is 1.86 bits per heavy atom. The Kier molecular flexibility index (Phi) is 6.66. The number of aryl methyl sites for hydroxylation is 2. The van der Waals surface area contributed by atoms with E-state index in [0.29, 0.717) is 5.16 Å². The molecule has 1 saturated carbocycles. The lowest BCUT2D eigenvalue weighted by molar-refractivity contribution is -0.119. The number of tetrazole rings is 1. The number of rotatable bonds is 5. The zero-order valence-corrected chi connectivity index (χ0v) is 17.3. The number of hydrogen-bond acceptors (Lipinski definition) is 6. The Morgan fingerprint density at radius 1 is 1.18 bits per heavy atom. The molecule has 1 aromatic heterocycles. The molecule has 0 unspecified atom stereocenters. The highest BCUT2D eigenvalue weighted by Gasteiger charge is 2.23. The van der Waals surface area contributed by atoms with Gasteiger partial charge in [-0.3, -0.25) is 10.1 Å². The van der Waals surface area contributed by atoms with Gasteiger partial charge in [0.15, 0.2) is 0 Å². The molecule has 0 spiro atoms. The van der Waals surface area contributed by atoms with E-state index in [0.717, 1.165) is 42.5 Å². The van der Waals surface area contributed by atoms with Crippen LogP contribution in [0.3, 0.4) is 0 Å². The Bertz CT molecular complexity index is 826. The van der Waals surface area contributed by atoms with Gasteiger partial charge < -0.3 is 5.32 Å². The van der Waals surface area contributed by atoms with Crippen LogP contribution in [0.1, 0.15) is 50.2 Å². The van der Waals surface area contributed by atoms with E-state index >= 15 is 0 Å². The molecular formula is C19H26N6O2S. The molecule has 150 valence electrons. The normalized spacial score (nSPS) is 15.8. The third-order valence-corrected chi connectivity index (χ3v) is 5.95. The lowest BCUT2D eigenvalue weighted by Crippen LogP contribution is -2.47. The molecule has 1 aliphatic rings. The third-order valence-electron chi connectivity index (χ3n) is 4.92. The van der Waals surface area contributed by atoms with Gasteiger partial charge in [-0.05, 0) is 55.2 Å². The second-order valence-electron chi connectivity index (χ2n) is 7.17. The van der Waals surface area contributed by atoms with Gasteiger partial charge >= 0.3 is 6.03 Å². The van der Waals surface area contributed by atoms with Crippen LogP contribution in [-0.2, 0) is 4.79 Å². The van der Waals surface area contributed by atoms with Gasteiger partial charge in [-0.1, -0.05) is 49.2 Å². The van der Waals surface area contributed by atoms with Crippen LogP contribution in [0.25, 0.3) is 5.69 Å². The fraction of sp³-hybridized carbons (Fsp3) is 0.526. The molecule has 2 aromatic rings. The minimum atomic E-state index is -0.522. The smallest absolute Gasteiger partial charge is 0.321 e. The minimum Gasteiger partial charge on any atom is -0.335 e. The van der Waals surface area contributed by atoms with Gasteiger partial charge in [-0.2, -0.15) is 4.68 Å². The molecule has 1 fully saturated rings.